The van der Waals surface area contributed by atoms with E-state index in [2.05, 4.69) is 10.4 Å². The van der Waals surface area contributed by atoms with Crippen LogP contribution in [0.15, 0.2) is 30.5 Å². The molecule has 0 aliphatic carbocycles. The van der Waals surface area contributed by atoms with Crippen molar-refractivity contribution in [2.24, 2.45) is 0 Å². The Morgan fingerprint density at radius 1 is 1.34 bits per heavy atom. The van der Waals surface area contributed by atoms with E-state index in [1.807, 2.05) is 18.2 Å². The topological polar surface area (TPSA) is 56.2 Å². The van der Waals surface area contributed by atoms with Gasteiger partial charge in [-0.25, -0.2) is 0 Å². The predicted octanol–water partition coefficient (Wildman–Crippen LogP) is 4.61. The third-order valence-electron chi connectivity index (χ3n) is 5.27. The summed E-state index contributed by atoms with van der Waals surface area (Å²) in [5, 5.41) is 7.05. The molecule has 1 saturated heterocycles. The van der Waals surface area contributed by atoms with E-state index in [-0.39, 0.29) is 6.54 Å². The van der Waals surface area contributed by atoms with Gasteiger partial charge in [-0.3, -0.25) is 9.48 Å². The summed E-state index contributed by atoms with van der Waals surface area (Å²) < 4.78 is 47.0. The van der Waals surface area contributed by atoms with Crippen LogP contribution in [0.3, 0.4) is 0 Å². The van der Waals surface area contributed by atoms with Gasteiger partial charge in [-0.15, -0.1) is 0 Å². The first kappa shape index (κ1) is 21.6. The lowest BCUT2D eigenvalue weighted by Gasteiger charge is -2.38. The van der Waals surface area contributed by atoms with Gasteiger partial charge in [0.1, 0.15) is 0 Å². The molecule has 1 fully saturated rings. The number of halogens is 4. The van der Waals surface area contributed by atoms with E-state index in [0.29, 0.717) is 31.1 Å². The van der Waals surface area contributed by atoms with Gasteiger partial charge >= 0.3 is 6.18 Å². The molecule has 2 aromatic rings. The van der Waals surface area contributed by atoms with Crippen LogP contribution in [0.5, 0.6) is 0 Å². The standard InChI is InChI=1S/C20H23ClF3N3O2/c1-13(2)27-17(20(22,23)24)16(11-26-27)18(28)25-12-19(6-8-29-9-7-19)14-4-3-5-15(21)10-14/h3-5,10-11,13H,6-9,12H2,1-2H3,(H,25,28). The van der Waals surface area contributed by atoms with Crippen LogP contribution in [0.1, 0.15) is 54.3 Å². The van der Waals surface area contributed by atoms with E-state index in [0.717, 1.165) is 16.4 Å². The van der Waals surface area contributed by atoms with Crippen molar-refractivity contribution >= 4 is 17.5 Å². The lowest BCUT2D eigenvalue weighted by atomic mass is 9.74. The van der Waals surface area contributed by atoms with E-state index in [1.165, 1.54) is 0 Å². The van der Waals surface area contributed by atoms with E-state index >= 15 is 0 Å². The SMILES string of the molecule is CC(C)n1ncc(C(=O)NCC2(c3cccc(Cl)c3)CCOCC2)c1C(F)(F)F. The number of aromatic nitrogens is 2. The molecule has 0 spiro atoms. The molecule has 1 aliphatic heterocycles. The van der Waals surface area contributed by atoms with E-state index in [1.54, 1.807) is 19.9 Å². The number of ether oxygens (including phenoxy) is 1. The van der Waals surface area contributed by atoms with Crippen LogP contribution < -0.4 is 5.32 Å². The van der Waals surface area contributed by atoms with E-state index in [4.69, 9.17) is 16.3 Å². The Labute approximate surface area is 172 Å². The highest BCUT2D eigenvalue weighted by atomic mass is 35.5. The molecule has 2 heterocycles. The number of nitrogens with zero attached hydrogens (tertiary/aromatic N) is 2. The third kappa shape index (κ3) is 4.59. The first-order chi connectivity index (χ1) is 13.6. The Balaban J connectivity index is 1.87. The molecule has 1 aromatic carbocycles. The van der Waals surface area contributed by atoms with Crippen molar-refractivity contribution in [1.82, 2.24) is 15.1 Å². The zero-order valence-electron chi connectivity index (χ0n) is 16.2. The molecule has 0 saturated carbocycles. The van der Waals surface area contributed by atoms with Gasteiger partial charge in [-0.2, -0.15) is 18.3 Å². The molecule has 3 rings (SSSR count). The quantitative estimate of drug-likeness (QED) is 0.754. The van der Waals surface area contributed by atoms with Gasteiger partial charge in [0.25, 0.3) is 5.91 Å². The highest BCUT2D eigenvalue weighted by molar-refractivity contribution is 6.30. The van der Waals surface area contributed by atoms with Gasteiger partial charge in [0, 0.05) is 36.2 Å². The fourth-order valence-corrected chi connectivity index (χ4v) is 3.89. The largest absolute Gasteiger partial charge is 0.433 e. The summed E-state index contributed by atoms with van der Waals surface area (Å²) in [4.78, 5) is 12.7. The Kier molecular flexibility index (Phi) is 6.24. The minimum atomic E-state index is -4.68. The second-order valence-electron chi connectivity index (χ2n) is 7.53. The molecule has 5 nitrogen and oxygen atoms in total. The molecule has 29 heavy (non-hydrogen) atoms. The van der Waals surface area contributed by atoms with Gasteiger partial charge in [-0.05, 0) is 44.4 Å². The number of carbonyl (C=O) groups is 1. The maximum absolute atomic E-state index is 13.6. The number of benzene rings is 1. The second-order valence-corrected chi connectivity index (χ2v) is 7.97. The monoisotopic (exact) mass is 429 g/mol. The van der Waals surface area contributed by atoms with Gasteiger partial charge in [0.05, 0.1) is 11.8 Å². The molecule has 9 heteroatoms. The van der Waals surface area contributed by atoms with Crippen molar-refractivity contribution in [1.29, 1.82) is 0 Å². The summed E-state index contributed by atoms with van der Waals surface area (Å²) in [6.45, 7) is 4.35. The Morgan fingerprint density at radius 3 is 2.62 bits per heavy atom. The smallest absolute Gasteiger partial charge is 0.381 e. The summed E-state index contributed by atoms with van der Waals surface area (Å²) >= 11 is 6.13. The number of alkyl halides is 3. The number of amides is 1. The van der Waals surface area contributed by atoms with E-state index < -0.39 is 34.8 Å². The molecule has 0 bridgehead atoms. The Bertz CT molecular complexity index is 874. The molecule has 0 radical (unpaired) electrons. The third-order valence-corrected chi connectivity index (χ3v) is 5.51. The number of carbonyl (C=O) groups excluding carboxylic acids is 1. The van der Waals surface area contributed by atoms with Crippen LogP contribution in [0, 0.1) is 0 Å². The molecule has 0 unspecified atom stereocenters. The predicted molar refractivity (Wildman–Crippen MR) is 103 cm³/mol. The Morgan fingerprint density at radius 2 is 2.03 bits per heavy atom. The minimum absolute atomic E-state index is 0.180. The Hall–Kier alpha value is -2.06. The fourth-order valence-electron chi connectivity index (χ4n) is 3.70. The van der Waals surface area contributed by atoms with Crippen LogP contribution in [-0.4, -0.2) is 35.4 Å². The molecular formula is C20H23ClF3N3O2. The summed E-state index contributed by atoms with van der Waals surface area (Å²) in [5.41, 5.74) is -1.03. The summed E-state index contributed by atoms with van der Waals surface area (Å²) in [7, 11) is 0. The summed E-state index contributed by atoms with van der Waals surface area (Å²) in [6, 6.07) is 6.80. The molecule has 1 amide bonds. The van der Waals surface area contributed by atoms with E-state index in [9.17, 15) is 18.0 Å². The molecule has 0 atom stereocenters. The summed E-state index contributed by atoms with van der Waals surface area (Å²) in [5.74, 6) is -0.794. The molecular weight excluding hydrogens is 407 g/mol. The summed E-state index contributed by atoms with van der Waals surface area (Å²) in [6.07, 6.45) is -2.44. The van der Waals surface area contributed by atoms with Crippen molar-refractivity contribution in [3.05, 3.63) is 52.3 Å². The number of nitrogens with one attached hydrogen (secondary N) is 1. The van der Waals surface area contributed by atoms with Gasteiger partial charge in [0.2, 0.25) is 0 Å². The highest BCUT2D eigenvalue weighted by Crippen LogP contribution is 2.36. The van der Waals surface area contributed by atoms with Gasteiger partial charge in [0.15, 0.2) is 5.69 Å². The zero-order chi connectivity index (χ0) is 21.2. The van der Waals surface area contributed by atoms with Crippen molar-refractivity contribution in [2.75, 3.05) is 19.8 Å². The zero-order valence-corrected chi connectivity index (χ0v) is 17.0. The normalized spacial score (nSPS) is 16.8. The first-order valence-electron chi connectivity index (χ1n) is 9.41. The van der Waals surface area contributed by atoms with Gasteiger partial charge in [-0.1, -0.05) is 23.7 Å². The van der Waals surface area contributed by atoms with Crippen LogP contribution in [0.2, 0.25) is 5.02 Å². The minimum Gasteiger partial charge on any atom is -0.381 e. The van der Waals surface area contributed by atoms with Gasteiger partial charge < -0.3 is 10.1 Å². The second kappa shape index (κ2) is 8.36. The highest BCUT2D eigenvalue weighted by Gasteiger charge is 2.41. The van der Waals surface area contributed by atoms with Crippen molar-refractivity contribution in [3.63, 3.8) is 0 Å². The molecule has 1 aromatic heterocycles. The lowest BCUT2D eigenvalue weighted by molar-refractivity contribution is -0.145. The van der Waals surface area contributed by atoms with Crippen LogP contribution >= 0.6 is 11.6 Å². The van der Waals surface area contributed by atoms with Crippen molar-refractivity contribution in [2.45, 2.75) is 44.3 Å². The number of hydrogen-bond acceptors (Lipinski definition) is 3. The fraction of sp³-hybridized carbons (Fsp3) is 0.500. The van der Waals surface area contributed by atoms with Crippen LogP contribution in [-0.2, 0) is 16.3 Å². The van der Waals surface area contributed by atoms with Crippen LogP contribution in [0.4, 0.5) is 13.2 Å². The number of rotatable bonds is 5. The molecule has 1 N–H and O–H groups in total. The molecule has 1 aliphatic rings. The average Bonchev–Trinajstić information content (AvgIpc) is 3.13. The van der Waals surface area contributed by atoms with Crippen LogP contribution in [0.25, 0.3) is 0 Å². The lowest BCUT2D eigenvalue weighted by Crippen LogP contribution is -2.44. The number of hydrogen-bond donors (Lipinski definition) is 1. The maximum Gasteiger partial charge on any atom is 0.433 e. The maximum atomic E-state index is 13.6. The van der Waals surface area contributed by atoms with Crippen molar-refractivity contribution in [3.8, 4) is 0 Å². The molecule has 158 valence electrons. The average molecular weight is 430 g/mol. The first-order valence-corrected chi connectivity index (χ1v) is 9.78. The van der Waals surface area contributed by atoms with Crippen molar-refractivity contribution < 1.29 is 22.7 Å².